The number of aromatic nitrogens is 1. The van der Waals surface area contributed by atoms with Crippen molar-refractivity contribution < 1.29 is 0 Å². The lowest BCUT2D eigenvalue weighted by Crippen LogP contribution is -2.29. The Kier molecular flexibility index (Phi) is 6.53. The standard InChI is InChI=1S/C14H23ClN2/c1-4-9-16-14(11(5-2)6-3)13-8-7-12(15)10-17-13/h7-8,10-11,14,16H,4-6,9H2,1-3H3. The van der Waals surface area contributed by atoms with E-state index >= 15 is 0 Å². The van der Waals surface area contributed by atoms with Crippen molar-refractivity contribution in [3.05, 3.63) is 29.0 Å². The van der Waals surface area contributed by atoms with Crippen molar-refractivity contribution >= 4 is 11.6 Å². The van der Waals surface area contributed by atoms with Gasteiger partial charge in [0, 0.05) is 6.20 Å². The van der Waals surface area contributed by atoms with Crippen molar-refractivity contribution in [2.75, 3.05) is 6.54 Å². The van der Waals surface area contributed by atoms with Crippen LogP contribution in [0.3, 0.4) is 0 Å². The fourth-order valence-electron chi connectivity index (χ4n) is 2.14. The predicted octanol–water partition coefficient (Wildman–Crippen LogP) is 4.21. The predicted molar refractivity (Wildman–Crippen MR) is 74.4 cm³/mol. The van der Waals surface area contributed by atoms with E-state index in [1.807, 2.05) is 12.1 Å². The average molecular weight is 255 g/mol. The maximum atomic E-state index is 5.89. The molecule has 0 spiro atoms. The van der Waals surface area contributed by atoms with Crippen LogP contribution in [0.1, 0.15) is 51.8 Å². The van der Waals surface area contributed by atoms with Crippen LogP contribution in [0.5, 0.6) is 0 Å². The summed E-state index contributed by atoms with van der Waals surface area (Å²) in [7, 11) is 0. The van der Waals surface area contributed by atoms with Gasteiger partial charge in [-0.2, -0.15) is 0 Å². The maximum Gasteiger partial charge on any atom is 0.0589 e. The SMILES string of the molecule is CCCNC(c1ccc(Cl)cn1)C(CC)CC. The van der Waals surface area contributed by atoms with E-state index in [0.717, 1.165) is 18.7 Å². The minimum atomic E-state index is 0.349. The number of nitrogens with one attached hydrogen (secondary N) is 1. The van der Waals surface area contributed by atoms with Gasteiger partial charge in [-0.15, -0.1) is 0 Å². The first-order chi connectivity index (χ1) is 8.22. The molecule has 0 aliphatic heterocycles. The van der Waals surface area contributed by atoms with Gasteiger partial charge in [0.05, 0.1) is 16.8 Å². The van der Waals surface area contributed by atoms with Gasteiger partial charge in [0.2, 0.25) is 0 Å². The van der Waals surface area contributed by atoms with Gasteiger partial charge in [-0.3, -0.25) is 4.98 Å². The summed E-state index contributed by atoms with van der Waals surface area (Å²) in [5.41, 5.74) is 1.11. The molecule has 2 nitrogen and oxygen atoms in total. The molecule has 0 aliphatic rings. The Morgan fingerprint density at radius 1 is 1.24 bits per heavy atom. The molecule has 0 aliphatic carbocycles. The van der Waals surface area contributed by atoms with Gasteiger partial charge in [-0.05, 0) is 31.0 Å². The second kappa shape index (κ2) is 7.67. The molecule has 1 aromatic heterocycles. The molecule has 1 rings (SSSR count). The van der Waals surface area contributed by atoms with Crippen LogP contribution in [0.25, 0.3) is 0 Å². The lowest BCUT2D eigenvalue weighted by Gasteiger charge is -2.26. The van der Waals surface area contributed by atoms with E-state index < -0.39 is 0 Å². The molecular weight excluding hydrogens is 232 g/mol. The number of pyridine rings is 1. The summed E-state index contributed by atoms with van der Waals surface area (Å²) in [5, 5.41) is 4.30. The molecule has 1 heterocycles. The first kappa shape index (κ1) is 14.5. The van der Waals surface area contributed by atoms with Gasteiger partial charge < -0.3 is 5.32 Å². The first-order valence-corrected chi connectivity index (χ1v) is 6.95. The zero-order chi connectivity index (χ0) is 12.7. The smallest absolute Gasteiger partial charge is 0.0589 e. The Labute approximate surface area is 110 Å². The summed E-state index contributed by atoms with van der Waals surface area (Å²) >= 11 is 5.89. The van der Waals surface area contributed by atoms with Gasteiger partial charge in [-0.1, -0.05) is 45.2 Å². The highest BCUT2D eigenvalue weighted by atomic mass is 35.5. The summed E-state index contributed by atoms with van der Waals surface area (Å²) in [5.74, 6) is 0.634. The minimum Gasteiger partial charge on any atom is -0.308 e. The number of halogens is 1. The molecule has 0 fully saturated rings. The Hall–Kier alpha value is -0.600. The van der Waals surface area contributed by atoms with Crippen LogP contribution in [-0.4, -0.2) is 11.5 Å². The lowest BCUT2D eigenvalue weighted by atomic mass is 9.91. The van der Waals surface area contributed by atoms with E-state index in [1.54, 1.807) is 6.20 Å². The molecule has 0 radical (unpaired) electrons. The molecule has 0 saturated carbocycles. The second-order valence-corrected chi connectivity index (χ2v) is 4.85. The normalized spacial score (nSPS) is 13.0. The molecule has 3 heteroatoms. The third-order valence-electron chi connectivity index (χ3n) is 3.20. The van der Waals surface area contributed by atoms with E-state index in [2.05, 4.69) is 31.1 Å². The van der Waals surface area contributed by atoms with Crippen molar-refractivity contribution in [2.24, 2.45) is 5.92 Å². The molecule has 1 atom stereocenters. The number of nitrogens with zero attached hydrogens (tertiary/aromatic N) is 1. The average Bonchev–Trinajstić information content (AvgIpc) is 2.36. The highest BCUT2D eigenvalue weighted by Crippen LogP contribution is 2.26. The number of hydrogen-bond donors (Lipinski definition) is 1. The molecule has 96 valence electrons. The highest BCUT2D eigenvalue weighted by Gasteiger charge is 2.20. The van der Waals surface area contributed by atoms with Gasteiger partial charge in [0.25, 0.3) is 0 Å². The van der Waals surface area contributed by atoms with E-state index in [-0.39, 0.29) is 0 Å². The first-order valence-electron chi connectivity index (χ1n) is 6.57. The second-order valence-electron chi connectivity index (χ2n) is 4.41. The van der Waals surface area contributed by atoms with E-state index in [4.69, 9.17) is 11.6 Å². The minimum absolute atomic E-state index is 0.349. The van der Waals surface area contributed by atoms with Gasteiger partial charge >= 0.3 is 0 Å². The maximum absolute atomic E-state index is 5.89. The van der Waals surface area contributed by atoms with Gasteiger partial charge in [0.1, 0.15) is 0 Å². The molecule has 0 saturated heterocycles. The van der Waals surface area contributed by atoms with Gasteiger partial charge in [-0.25, -0.2) is 0 Å². The molecule has 0 amide bonds. The molecule has 0 aromatic carbocycles. The van der Waals surface area contributed by atoms with Crippen molar-refractivity contribution in [3.63, 3.8) is 0 Å². The monoisotopic (exact) mass is 254 g/mol. The van der Waals surface area contributed by atoms with Crippen molar-refractivity contribution in [1.29, 1.82) is 0 Å². The topological polar surface area (TPSA) is 24.9 Å². The third-order valence-corrected chi connectivity index (χ3v) is 3.43. The third kappa shape index (κ3) is 4.29. The Morgan fingerprint density at radius 3 is 2.41 bits per heavy atom. The lowest BCUT2D eigenvalue weighted by molar-refractivity contribution is 0.335. The van der Waals surface area contributed by atoms with E-state index in [0.29, 0.717) is 17.0 Å². The summed E-state index contributed by atoms with van der Waals surface area (Å²) in [4.78, 5) is 4.45. The molecule has 17 heavy (non-hydrogen) atoms. The fourth-order valence-corrected chi connectivity index (χ4v) is 2.26. The fraction of sp³-hybridized carbons (Fsp3) is 0.643. The van der Waals surface area contributed by atoms with E-state index in [1.165, 1.54) is 12.8 Å². The summed E-state index contributed by atoms with van der Waals surface area (Å²) < 4.78 is 0. The van der Waals surface area contributed by atoms with Crippen LogP contribution in [0.4, 0.5) is 0 Å². The summed E-state index contributed by atoms with van der Waals surface area (Å²) in [6.45, 7) is 7.70. The number of rotatable bonds is 7. The van der Waals surface area contributed by atoms with Crippen LogP contribution in [-0.2, 0) is 0 Å². The van der Waals surface area contributed by atoms with Gasteiger partial charge in [0.15, 0.2) is 0 Å². The Morgan fingerprint density at radius 2 is 1.94 bits per heavy atom. The van der Waals surface area contributed by atoms with Crippen LogP contribution in [0.2, 0.25) is 5.02 Å². The van der Waals surface area contributed by atoms with Crippen LogP contribution < -0.4 is 5.32 Å². The zero-order valence-electron chi connectivity index (χ0n) is 11.0. The van der Waals surface area contributed by atoms with Crippen LogP contribution in [0.15, 0.2) is 18.3 Å². The largest absolute Gasteiger partial charge is 0.308 e. The van der Waals surface area contributed by atoms with Crippen LogP contribution >= 0.6 is 11.6 Å². The molecule has 1 N–H and O–H groups in total. The Bertz CT molecular complexity index is 307. The van der Waals surface area contributed by atoms with Crippen molar-refractivity contribution in [3.8, 4) is 0 Å². The molecule has 0 bridgehead atoms. The van der Waals surface area contributed by atoms with Crippen molar-refractivity contribution in [2.45, 2.75) is 46.1 Å². The zero-order valence-corrected chi connectivity index (χ0v) is 11.8. The van der Waals surface area contributed by atoms with Crippen LogP contribution in [0, 0.1) is 5.92 Å². The summed E-state index contributed by atoms with van der Waals surface area (Å²) in [6.07, 6.45) is 5.22. The molecule has 1 unspecified atom stereocenters. The summed E-state index contributed by atoms with van der Waals surface area (Å²) in [6, 6.07) is 4.31. The molecule has 1 aromatic rings. The molecular formula is C14H23ClN2. The Balaban J connectivity index is 2.84. The van der Waals surface area contributed by atoms with Crippen molar-refractivity contribution in [1.82, 2.24) is 10.3 Å². The van der Waals surface area contributed by atoms with E-state index in [9.17, 15) is 0 Å². The number of hydrogen-bond acceptors (Lipinski definition) is 2. The highest BCUT2D eigenvalue weighted by molar-refractivity contribution is 6.30. The quantitative estimate of drug-likeness (QED) is 0.788.